The highest BCUT2D eigenvalue weighted by atomic mass is 35.5. The molecule has 0 radical (unpaired) electrons. The van der Waals surface area contributed by atoms with Gasteiger partial charge in [-0.15, -0.1) is 0 Å². The number of likely N-dealkylation sites (tertiary alicyclic amines) is 2. The molecule has 1 saturated carbocycles. The standard InChI is InChI=1S/C30H48ClN3O/c1-22(2)19-34(26-13-7-23(3)8-14-26)27-15-17-32(20-27)28(35)30(24-9-11-25(31)12-10-24)16-18-33(21-30)29(4,5)6/h9-12,22-23,26-27H,7-8,13-21H2,1-6H3/t23?,26?,27-,30?/m0/s1. The van der Waals surface area contributed by atoms with Gasteiger partial charge in [0.2, 0.25) is 5.91 Å². The number of nitrogens with zero attached hydrogens (tertiary/aromatic N) is 3. The molecular weight excluding hydrogens is 454 g/mol. The van der Waals surface area contributed by atoms with Crippen molar-refractivity contribution in [1.82, 2.24) is 14.7 Å². The number of halogens is 1. The van der Waals surface area contributed by atoms with E-state index in [2.05, 4.69) is 68.4 Å². The molecule has 0 spiro atoms. The Hall–Kier alpha value is -1.10. The Morgan fingerprint density at radius 1 is 1.06 bits per heavy atom. The van der Waals surface area contributed by atoms with E-state index in [1.54, 1.807) is 0 Å². The lowest BCUT2D eigenvalue weighted by atomic mass is 9.78. The molecule has 4 rings (SSSR count). The third kappa shape index (κ3) is 5.91. The van der Waals surface area contributed by atoms with Crippen molar-refractivity contribution in [3.8, 4) is 0 Å². The number of hydrogen-bond donors (Lipinski definition) is 0. The van der Waals surface area contributed by atoms with Crippen LogP contribution in [-0.2, 0) is 10.2 Å². The molecule has 3 aliphatic rings. The zero-order chi connectivity index (χ0) is 25.4. The third-order valence-electron chi connectivity index (χ3n) is 8.97. The summed E-state index contributed by atoms with van der Waals surface area (Å²) in [6, 6.07) is 9.26. The number of amides is 1. The predicted molar refractivity (Wildman–Crippen MR) is 147 cm³/mol. The Morgan fingerprint density at radius 2 is 1.71 bits per heavy atom. The summed E-state index contributed by atoms with van der Waals surface area (Å²) in [5.74, 6) is 1.84. The Bertz CT molecular complexity index is 855. The molecule has 196 valence electrons. The van der Waals surface area contributed by atoms with Crippen molar-refractivity contribution in [3.63, 3.8) is 0 Å². The number of rotatable bonds is 6. The van der Waals surface area contributed by atoms with E-state index in [1.165, 1.54) is 25.7 Å². The number of carbonyl (C=O) groups excluding carboxylic acids is 1. The van der Waals surface area contributed by atoms with Crippen LogP contribution in [0.2, 0.25) is 5.02 Å². The van der Waals surface area contributed by atoms with Crippen LogP contribution >= 0.6 is 11.6 Å². The monoisotopic (exact) mass is 501 g/mol. The minimum atomic E-state index is -0.476. The second-order valence-electron chi connectivity index (χ2n) is 13.1. The van der Waals surface area contributed by atoms with Crippen LogP contribution in [0.3, 0.4) is 0 Å². The quantitative estimate of drug-likeness (QED) is 0.463. The van der Waals surface area contributed by atoms with Crippen molar-refractivity contribution in [2.75, 3.05) is 32.7 Å². The average molecular weight is 502 g/mol. The van der Waals surface area contributed by atoms with Crippen molar-refractivity contribution < 1.29 is 4.79 Å². The normalized spacial score (nSPS) is 30.5. The van der Waals surface area contributed by atoms with Crippen molar-refractivity contribution in [2.45, 2.75) is 103 Å². The summed E-state index contributed by atoms with van der Waals surface area (Å²) in [5, 5.41) is 0.731. The highest BCUT2D eigenvalue weighted by Gasteiger charge is 2.51. The van der Waals surface area contributed by atoms with Gasteiger partial charge in [-0.3, -0.25) is 14.6 Å². The van der Waals surface area contributed by atoms with Crippen molar-refractivity contribution >= 4 is 17.5 Å². The maximum absolute atomic E-state index is 14.4. The van der Waals surface area contributed by atoms with E-state index in [9.17, 15) is 4.79 Å². The van der Waals surface area contributed by atoms with Gasteiger partial charge in [-0.1, -0.05) is 44.5 Å². The van der Waals surface area contributed by atoms with E-state index in [0.29, 0.717) is 23.9 Å². The van der Waals surface area contributed by atoms with E-state index in [0.717, 1.165) is 62.1 Å². The minimum Gasteiger partial charge on any atom is -0.340 e. The van der Waals surface area contributed by atoms with Crippen molar-refractivity contribution in [1.29, 1.82) is 0 Å². The van der Waals surface area contributed by atoms with Gasteiger partial charge >= 0.3 is 0 Å². The second-order valence-corrected chi connectivity index (χ2v) is 13.6. The molecule has 2 atom stereocenters. The van der Waals surface area contributed by atoms with Crippen LogP contribution in [0.25, 0.3) is 0 Å². The van der Waals surface area contributed by atoms with Crippen LogP contribution in [0, 0.1) is 11.8 Å². The van der Waals surface area contributed by atoms with Crippen molar-refractivity contribution in [2.24, 2.45) is 11.8 Å². The molecule has 0 N–H and O–H groups in total. The number of benzene rings is 1. The molecule has 5 heteroatoms. The van der Waals surface area contributed by atoms with E-state index < -0.39 is 5.41 Å². The van der Waals surface area contributed by atoms with E-state index >= 15 is 0 Å². The fourth-order valence-electron chi connectivity index (χ4n) is 6.78. The lowest BCUT2D eigenvalue weighted by Crippen LogP contribution is -2.52. The topological polar surface area (TPSA) is 26.8 Å². The number of carbonyl (C=O) groups is 1. The maximum atomic E-state index is 14.4. The predicted octanol–water partition coefficient (Wildman–Crippen LogP) is 6.22. The third-order valence-corrected chi connectivity index (χ3v) is 9.23. The maximum Gasteiger partial charge on any atom is 0.234 e. The van der Waals surface area contributed by atoms with Gasteiger partial charge in [0.1, 0.15) is 0 Å². The van der Waals surface area contributed by atoms with Gasteiger partial charge in [-0.25, -0.2) is 0 Å². The molecular formula is C30H48ClN3O. The zero-order valence-electron chi connectivity index (χ0n) is 23.0. The fourth-order valence-corrected chi connectivity index (χ4v) is 6.90. The van der Waals surface area contributed by atoms with Gasteiger partial charge in [0.15, 0.2) is 0 Å². The number of hydrogen-bond acceptors (Lipinski definition) is 3. The lowest BCUT2D eigenvalue weighted by Gasteiger charge is -2.41. The molecule has 2 aliphatic heterocycles. The van der Waals surface area contributed by atoms with Crippen molar-refractivity contribution in [3.05, 3.63) is 34.9 Å². The molecule has 1 amide bonds. The second kappa shape index (κ2) is 10.7. The van der Waals surface area contributed by atoms with Crippen LogP contribution in [0.5, 0.6) is 0 Å². The largest absolute Gasteiger partial charge is 0.340 e. The van der Waals surface area contributed by atoms with Gasteiger partial charge in [0.25, 0.3) is 0 Å². The molecule has 4 nitrogen and oxygen atoms in total. The van der Waals surface area contributed by atoms with Crippen LogP contribution in [0.1, 0.15) is 85.6 Å². The minimum absolute atomic E-state index is 0.0498. The summed E-state index contributed by atoms with van der Waals surface area (Å²) in [6.45, 7) is 18.5. The van der Waals surface area contributed by atoms with Gasteiger partial charge in [0.05, 0.1) is 5.41 Å². The Labute approximate surface area is 219 Å². The van der Waals surface area contributed by atoms with Crippen LogP contribution in [0.4, 0.5) is 0 Å². The summed E-state index contributed by atoms with van der Waals surface area (Å²) in [5.41, 5.74) is 0.701. The highest BCUT2D eigenvalue weighted by molar-refractivity contribution is 6.30. The summed E-state index contributed by atoms with van der Waals surface area (Å²) in [7, 11) is 0. The molecule has 1 aromatic carbocycles. The molecule has 2 saturated heterocycles. The van der Waals surface area contributed by atoms with E-state index in [1.807, 2.05) is 12.1 Å². The molecule has 1 aliphatic carbocycles. The van der Waals surface area contributed by atoms with E-state index in [-0.39, 0.29) is 5.54 Å². The molecule has 0 aromatic heterocycles. The van der Waals surface area contributed by atoms with E-state index in [4.69, 9.17) is 11.6 Å². The van der Waals surface area contributed by atoms with Crippen LogP contribution in [0.15, 0.2) is 24.3 Å². The van der Waals surface area contributed by atoms with Gasteiger partial charge < -0.3 is 4.90 Å². The fraction of sp³-hybridized carbons (Fsp3) is 0.767. The Balaban J connectivity index is 1.55. The molecule has 0 bridgehead atoms. The first-order valence-electron chi connectivity index (χ1n) is 14.1. The smallest absolute Gasteiger partial charge is 0.234 e. The lowest BCUT2D eigenvalue weighted by molar-refractivity contribution is -0.136. The first-order chi connectivity index (χ1) is 16.5. The summed E-state index contributed by atoms with van der Waals surface area (Å²) in [4.78, 5) is 21.9. The highest BCUT2D eigenvalue weighted by Crippen LogP contribution is 2.41. The summed E-state index contributed by atoms with van der Waals surface area (Å²) in [6.07, 6.45) is 7.29. The zero-order valence-corrected chi connectivity index (χ0v) is 23.8. The van der Waals surface area contributed by atoms with Crippen LogP contribution < -0.4 is 0 Å². The first-order valence-corrected chi connectivity index (χ1v) is 14.4. The van der Waals surface area contributed by atoms with Crippen LogP contribution in [-0.4, -0.2) is 71.0 Å². The van der Waals surface area contributed by atoms with Gasteiger partial charge in [0, 0.05) is 55.4 Å². The van der Waals surface area contributed by atoms with Gasteiger partial charge in [-0.05, 0) is 88.8 Å². The molecule has 3 fully saturated rings. The SMILES string of the molecule is CC(C)CN(C1CCC(C)CC1)[C@H]1CCN(C(=O)C2(c3ccc(Cl)cc3)CCN(C(C)(C)C)C2)C1. The molecule has 2 heterocycles. The summed E-state index contributed by atoms with van der Waals surface area (Å²) >= 11 is 6.24. The summed E-state index contributed by atoms with van der Waals surface area (Å²) < 4.78 is 0. The first kappa shape index (κ1) is 26.9. The van der Waals surface area contributed by atoms with Gasteiger partial charge in [-0.2, -0.15) is 0 Å². The Morgan fingerprint density at radius 3 is 2.29 bits per heavy atom. The average Bonchev–Trinajstić information content (AvgIpc) is 3.47. The molecule has 1 aromatic rings. The molecule has 35 heavy (non-hydrogen) atoms. The molecule has 1 unspecified atom stereocenters. The Kier molecular flexibility index (Phi) is 8.25.